The predicted octanol–water partition coefficient (Wildman–Crippen LogP) is 1.04. The number of aliphatic hydroxyl groups is 1. The lowest BCUT2D eigenvalue weighted by atomic mass is 10.3. The highest BCUT2D eigenvalue weighted by molar-refractivity contribution is 8.00. The highest BCUT2D eigenvalue weighted by atomic mass is 32.2. The lowest BCUT2D eigenvalue weighted by Crippen LogP contribution is -2.05. The summed E-state index contributed by atoms with van der Waals surface area (Å²) in [7, 11) is 1.88. The molecular weight excluding hydrogens is 198 g/mol. The Bertz CT molecular complexity index is 311. The molecule has 14 heavy (non-hydrogen) atoms. The normalized spacial score (nSPS) is 13.1. The smallest absolute Gasteiger partial charge is 0.117 e. The van der Waals surface area contributed by atoms with Crippen LogP contribution in [-0.2, 0) is 13.5 Å². The number of rotatable bonds is 4. The average molecular weight is 215 g/mol. The van der Waals surface area contributed by atoms with Gasteiger partial charge >= 0.3 is 0 Å². The summed E-state index contributed by atoms with van der Waals surface area (Å²) >= 11 is 1.56. The van der Waals surface area contributed by atoms with Crippen LogP contribution in [0.2, 0.25) is 0 Å². The van der Waals surface area contributed by atoms with Crippen molar-refractivity contribution in [3.63, 3.8) is 0 Å². The van der Waals surface area contributed by atoms with Gasteiger partial charge in [-0.25, -0.2) is 0 Å². The maximum absolute atomic E-state index is 8.95. The third-order valence-electron chi connectivity index (χ3n) is 2.01. The zero-order valence-electron chi connectivity index (χ0n) is 8.82. The van der Waals surface area contributed by atoms with Gasteiger partial charge in [0, 0.05) is 12.3 Å². The molecule has 80 valence electrons. The van der Waals surface area contributed by atoms with Gasteiger partial charge in [0.15, 0.2) is 0 Å². The van der Waals surface area contributed by atoms with Crippen molar-refractivity contribution < 1.29 is 5.11 Å². The molecule has 1 aromatic heterocycles. The minimum atomic E-state index is 0.150. The lowest BCUT2D eigenvalue weighted by Gasteiger charge is -2.07. The molecule has 0 aromatic carbocycles. The number of hydrogen-bond donors (Lipinski definition) is 2. The van der Waals surface area contributed by atoms with Crippen molar-refractivity contribution in [3.05, 3.63) is 5.69 Å². The first-order valence-electron chi connectivity index (χ1n) is 4.69. The summed E-state index contributed by atoms with van der Waals surface area (Å²) in [6, 6.07) is 0. The molecular formula is C9H17N3OS. The van der Waals surface area contributed by atoms with Gasteiger partial charge in [-0.05, 0) is 6.42 Å². The summed E-state index contributed by atoms with van der Waals surface area (Å²) in [6.45, 7) is 4.14. The first kappa shape index (κ1) is 11.4. The number of hydrogen-bond acceptors (Lipinski definition) is 4. The monoisotopic (exact) mass is 215 g/mol. The van der Waals surface area contributed by atoms with Crippen LogP contribution in [0.3, 0.4) is 0 Å². The molecule has 3 N–H and O–H groups in total. The van der Waals surface area contributed by atoms with Crippen LogP contribution >= 0.6 is 11.8 Å². The molecule has 0 amide bonds. The van der Waals surface area contributed by atoms with E-state index in [4.69, 9.17) is 10.8 Å². The Morgan fingerprint density at radius 2 is 2.29 bits per heavy atom. The number of nitrogen functional groups attached to an aromatic ring is 1. The van der Waals surface area contributed by atoms with E-state index in [0.717, 1.165) is 22.8 Å². The molecule has 0 aliphatic carbocycles. The maximum Gasteiger partial charge on any atom is 0.117 e. The van der Waals surface area contributed by atoms with Crippen molar-refractivity contribution in [2.24, 2.45) is 7.05 Å². The Kier molecular flexibility index (Phi) is 3.83. The minimum absolute atomic E-state index is 0.150. The number of aryl methyl sites for hydroxylation is 2. The average Bonchev–Trinajstić information content (AvgIpc) is 2.44. The fraction of sp³-hybridized carbons (Fsp3) is 0.667. The number of aliphatic hydroxyl groups excluding tert-OH is 1. The molecule has 1 atom stereocenters. The fourth-order valence-electron chi connectivity index (χ4n) is 1.21. The van der Waals surface area contributed by atoms with E-state index in [9.17, 15) is 0 Å². The summed E-state index contributed by atoms with van der Waals surface area (Å²) in [6.07, 6.45) is 0.841. The standard InChI is InChI=1S/C9H17N3OS/c1-4-7-8(10)9(12(3)11-7)14-6(2)5-13/h6,13H,4-5,10H2,1-3H3. The molecule has 1 unspecified atom stereocenters. The Balaban J connectivity index is 2.90. The van der Waals surface area contributed by atoms with Crippen molar-refractivity contribution in [3.8, 4) is 0 Å². The van der Waals surface area contributed by atoms with Crippen molar-refractivity contribution in [1.29, 1.82) is 0 Å². The third kappa shape index (κ3) is 2.22. The number of aromatic nitrogens is 2. The summed E-state index contributed by atoms with van der Waals surface area (Å²) in [5, 5.41) is 14.4. The molecule has 1 aromatic rings. The Labute approximate surface area is 88.5 Å². The van der Waals surface area contributed by atoms with Crippen molar-refractivity contribution in [2.75, 3.05) is 12.3 Å². The van der Waals surface area contributed by atoms with Gasteiger partial charge in [-0.15, -0.1) is 0 Å². The largest absolute Gasteiger partial charge is 0.395 e. The van der Waals surface area contributed by atoms with Gasteiger partial charge in [-0.2, -0.15) is 5.10 Å². The van der Waals surface area contributed by atoms with E-state index in [1.165, 1.54) is 0 Å². The van der Waals surface area contributed by atoms with Crippen LogP contribution in [0, 0.1) is 0 Å². The van der Waals surface area contributed by atoms with E-state index in [1.807, 2.05) is 20.9 Å². The fourth-order valence-corrected chi connectivity index (χ4v) is 2.10. The van der Waals surface area contributed by atoms with Crippen LogP contribution in [0.15, 0.2) is 5.03 Å². The van der Waals surface area contributed by atoms with Crippen LogP contribution in [-0.4, -0.2) is 26.7 Å². The van der Waals surface area contributed by atoms with Crippen LogP contribution < -0.4 is 5.73 Å². The van der Waals surface area contributed by atoms with Gasteiger partial charge in [0.2, 0.25) is 0 Å². The Morgan fingerprint density at radius 3 is 2.71 bits per heavy atom. The van der Waals surface area contributed by atoms with Gasteiger partial charge < -0.3 is 10.8 Å². The highest BCUT2D eigenvalue weighted by Gasteiger charge is 2.14. The molecule has 0 spiro atoms. The summed E-state index contributed by atoms with van der Waals surface area (Å²) in [4.78, 5) is 0. The number of nitrogens with two attached hydrogens (primary N) is 1. The molecule has 0 saturated heterocycles. The van der Waals surface area contributed by atoms with E-state index in [-0.39, 0.29) is 11.9 Å². The lowest BCUT2D eigenvalue weighted by molar-refractivity contribution is 0.300. The van der Waals surface area contributed by atoms with E-state index in [1.54, 1.807) is 16.4 Å². The van der Waals surface area contributed by atoms with E-state index < -0.39 is 0 Å². The minimum Gasteiger partial charge on any atom is -0.395 e. The Hall–Kier alpha value is -0.680. The molecule has 4 nitrogen and oxygen atoms in total. The third-order valence-corrected chi connectivity index (χ3v) is 3.27. The molecule has 0 saturated carbocycles. The van der Waals surface area contributed by atoms with Gasteiger partial charge in [0.1, 0.15) is 5.03 Å². The molecule has 0 radical (unpaired) electrons. The predicted molar refractivity (Wildman–Crippen MR) is 59.4 cm³/mol. The Morgan fingerprint density at radius 1 is 1.64 bits per heavy atom. The molecule has 0 bridgehead atoms. The van der Waals surface area contributed by atoms with Crippen molar-refractivity contribution >= 4 is 17.4 Å². The highest BCUT2D eigenvalue weighted by Crippen LogP contribution is 2.30. The van der Waals surface area contributed by atoms with Gasteiger partial charge in [0.05, 0.1) is 18.0 Å². The van der Waals surface area contributed by atoms with Crippen molar-refractivity contribution in [2.45, 2.75) is 30.5 Å². The summed E-state index contributed by atoms with van der Waals surface area (Å²) < 4.78 is 1.78. The van der Waals surface area contributed by atoms with Crippen LogP contribution in [0.5, 0.6) is 0 Å². The summed E-state index contributed by atoms with van der Waals surface area (Å²) in [5.74, 6) is 0. The van der Waals surface area contributed by atoms with Crippen molar-refractivity contribution in [1.82, 2.24) is 9.78 Å². The van der Waals surface area contributed by atoms with E-state index in [0.29, 0.717) is 0 Å². The SMILES string of the molecule is CCc1nn(C)c(SC(C)CO)c1N. The van der Waals surface area contributed by atoms with Gasteiger partial charge in [0.25, 0.3) is 0 Å². The molecule has 1 heterocycles. The quantitative estimate of drug-likeness (QED) is 0.737. The van der Waals surface area contributed by atoms with Gasteiger partial charge in [-0.1, -0.05) is 25.6 Å². The maximum atomic E-state index is 8.95. The topological polar surface area (TPSA) is 64.1 Å². The van der Waals surface area contributed by atoms with Crippen LogP contribution in [0.1, 0.15) is 19.5 Å². The first-order valence-corrected chi connectivity index (χ1v) is 5.57. The van der Waals surface area contributed by atoms with Crippen LogP contribution in [0.4, 0.5) is 5.69 Å². The molecule has 0 aliphatic heterocycles. The van der Waals surface area contributed by atoms with E-state index in [2.05, 4.69) is 5.10 Å². The second kappa shape index (κ2) is 4.70. The molecule has 0 fully saturated rings. The zero-order chi connectivity index (χ0) is 10.7. The zero-order valence-corrected chi connectivity index (χ0v) is 9.64. The summed E-state index contributed by atoms with van der Waals surface area (Å²) in [5.41, 5.74) is 7.61. The molecule has 5 heteroatoms. The second-order valence-electron chi connectivity index (χ2n) is 3.25. The van der Waals surface area contributed by atoms with Crippen LogP contribution in [0.25, 0.3) is 0 Å². The second-order valence-corrected chi connectivity index (χ2v) is 4.68. The molecule has 1 rings (SSSR count). The molecule has 0 aliphatic rings. The first-order chi connectivity index (χ1) is 6.60. The number of nitrogens with zero attached hydrogens (tertiary/aromatic N) is 2. The van der Waals surface area contributed by atoms with E-state index >= 15 is 0 Å². The van der Waals surface area contributed by atoms with Gasteiger partial charge in [-0.3, -0.25) is 4.68 Å². The number of anilines is 1. The number of thioether (sulfide) groups is 1.